The average molecular weight is 602 g/mol. The second-order valence-corrected chi connectivity index (χ2v) is 10.9. The Morgan fingerprint density at radius 3 is 2.45 bits per heavy atom. The molecule has 3 aromatic carbocycles. The molecule has 4 N–H and O–H groups in total. The second kappa shape index (κ2) is 11.5. The Morgan fingerprint density at radius 2 is 1.73 bits per heavy atom. The molecule has 0 spiro atoms. The molecule has 1 aromatic heterocycles. The van der Waals surface area contributed by atoms with Gasteiger partial charge in [0.15, 0.2) is 0 Å². The lowest BCUT2D eigenvalue weighted by Crippen LogP contribution is -2.44. The lowest BCUT2D eigenvalue weighted by Gasteiger charge is -2.34. The fraction of sp³-hybridized carbons (Fsp3) is 0.219. The van der Waals surface area contributed by atoms with Crippen molar-refractivity contribution in [2.45, 2.75) is 13.1 Å². The summed E-state index contributed by atoms with van der Waals surface area (Å²) in [5.74, 6) is -0.864. The van der Waals surface area contributed by atoms with Crippen molar-refractivity contribution in [1.82, 2.24) is 14.9 Å². The number of likely N-dealkylation sites (N-methyl/N-ethyl adjacent to an activating group) is 1. The van der Waals surface area contributed by atoms with Crippen LogP contribution in [0.25, 0.3) is 11.6 Å². The van der Waals surface area contributed by atoms with Gasteiger partial charge in [-0.2, -0.15) is 13.2 Å². The molecule has 4 aromatic rings. The molecule has 0 aliphatic carbocycles. The van der Waals surface area contributed by atoms with E-state index in [2.05, 4.69) is 30.8 Å². The number of nitrogens with one attached hydrogen (secondary N) is 4. The van der Waals surface area contributed by atoms with E-state index in [1.807, 2.05) is 37.1 Å². The van der Waals surface area contributed by atoms with E-state index in [1.165, 1.54) is 6.07 Å². The number of aromatic nitrogens is 2. The number of fused-ring (bicyclic) bond motifs is 1. The molecule has 0 radical (unpaired) electrons. The molecule has 0 unspecified atom stereocenters. The van der Waals surface area contributed by atoms with Gasteiger partial charge >= 0.3 is 6.18 Å². The highest BCUT2D eigenvalue weighted by Gasteiger charge is 2.33. The van der Waals surface area contributed by atoms with Gasteiger partial charge in [-0.15, -0.1) is 0 Å². The van der Waals surface area contributed by atoms with E-state index in [1.54, 1.807) is 36.7 Å². The first kappa shape index (κ1) is 29.0. The lowest BCUT2D eigenvalue weighted by atomic mass is 10.0. The SMILES string of the molecule is Cc1nc[nH]c1/C=C1\C(=O)Nc2cc(Nc3cccc(NC(=O)c4cc(N5CCN(C)CC5)cc(C(F)(F)F)c4)c3)ccc21. The van der Waals surface area contributed by atoms with E-state index in [4.69, 9.17) is 0 Å². The molecule has 0 bridgehead atoms. The van der Waals surface area contributed by atoms with Gasteiger partial charge in [-0.05, 0) is 68.6 Å². The lowest BCUT2D eigenvalue weighted by molar-refractivity contribution is -0.137. The van der Waals surface area contributed by atoms with E-state index < -0.39 is 17.6 Å². The molecule has 1 saturated heterocycles. The van der Waals surface area contributed by atoms with Crippen LogP contribution in [-0.4, -0.2) is 59.9 Å². The third-order valence-electron chi connectivity index (χ3n) is 7.74. The molecule has 0 saturated carbocycles. The number of benzene rings is 3. The van der Waals surface area contributed by atoms with Gasteiger partial charge in [0.25, 0.3) is 11.8 Å². The predicted molar refractivity (Wildman–Crippen MR) is 165 cm³/mol. The molecule has 226 valence electrons. The number of piperazine rings is 1. The van der Waals surface area contributed by atoms with Crippen molar-refractivity contribution in [3.05, 3.63) is 95.1 Å². The molecular formula is C32H30F3N7O2. The highest BCUT2D eigenvalue weighted by Crippen LogP contribution is 2.36. The molecule has 6 rings (SSSR count). The summed E-state index contributed by atoms with van der Waals surface area (Å²) in [7, 11) is 1.96. The van der Waals surface area contributed by atoms with Gasteiger partial charge < -0.3 is 30.7 Å². The van der Waals surface area contributed by atoms with Gasteiger partial charge in [0.05, 0.1) is 34.5 Å². The molecular weight excluding hydrogens is 571 g/mol. The summed E-state index contributed by atoms with van der Waals surface area (Å²) in [6.07, 6.45) is -1.25. The topological polar surface area (TPSA) is 105 Å². The monoisotopic (exact) mass is 601 g/mol. The number of amides is 2. The van der Waals surface area contributed by atoms with Gasteiger partial charge in [0.2, 0.25) is 0 Å². The smallest absolute Gasteiger partial charge is 0.369 e. The summed E-state index contributed by atoms with van der Waals surface area (Å²) in [5, 5.41) is 8.87. The molecule has 3 heterocycles. The van der Waals surface area contributed by atoms with Crippen molar-refractivity contribution in [2.24, 2.45) is 0 Å². The number of anilines is 5. The summed E-state index contributed by atoms with van der Waals surface area (Å²) in [6, 6.07) is 15.8. The molecule has 2 aliphatic rings. The summed E-state index contributed by atoms with van der Waals surface area (Å²) in [4.78, 5) is 37.0. The van der Waals surface area contributed by atoms with E-state index >= 15 is 0 Å². The van der Waals surface area contributed by atoms with Gasteiger partial charge in [-0.3, -0.25) is 9.59 Å². The number of H-pyrrole nitrogens is 1. The Morgan fingerprint density at radius 1 is 0.977 bits per heavy atom. The zero-order valence-corrected chi connectivity index (χ0v) is 24.0. The number of aromatic amines is 1. The first-order valence-corrected chi connectivity index (χ1v) is 14.1. The Bertz CT molecular complexity index is 1770. The van der Waals surface area contributed by atoms with Crippen LogP contribution in [0.15, 0.2) is 67.0 Å². The molecule has 2 aliphatic heterocycles. The quantitative estimate of drug-likeness (QED) is 0.203. The van der Waals surface area contributed by atoms with E-state index in [9.17, 15) is 22.8 Å². The average Bonchev–Trinajstić information content (AvgIpc) is 3.54. The highest BCUT2D eigenvalue weighted by atomic mass is 19.4. The number of hydrogen-bond acceptors (Lipinski definition) is 6. The fourth-order valence-electron chi connectivity index (χ4n) is 5.28. The van der Waals surface area contributed by atoms with Crippen LogP contribution in [0.3, 0.4) is 0 Å². The third-order valence-corrected chi connectivity index (χ3v) is 7.74. The van der Waals surface area contributed by atoms with Crippen molar-refractivity contribution < 1.29 is 22.8 Å². The summed E-state index contributed by atoms with van der Waals surface area (Å²) < 4.78 is 41.3. The van der Waals surface area contributed by atoms with Crippen LogP contribution in [-0.2, 0) is 11.0 Å². The number of aryl methyl sites for hydroxylation is 1. The third kappa shape index (κ3) is 6.16. The van der Waals surface area contributed by atoms with Crippen molar-refractivity contribution in [3.8, 4) is 0 Å². The van der Waals surface area contributed by atoms with E-state index in [-0.39, 0.29) is 11.5 Å². The van der Waals surface area contributed by atoms with Crippen molar-refractivity contribution in [3.63, 3.8) is 0 Å². The number of rotatable bonds is 6. The second-order valence-electron chi connectivity index (χ2n) is 10.9. The number of imidazole rings is 1. The number of hydrogen-bond donors (Lipinski definition) is 4. The van der Waals surface area contributed by atoms with Crippen LogP contribution < -0.4 is 20.9 Å². The van der Waals surface area contributed by atoms with Gasteiger partial charge in [0, 0.05) is 60.1 Å². The largest absolute Gasteiger partial charge is 0.416 e. The molecule has 1 fully saturated rings. The van der Waals surface area contributed by atoms with Crippen molar-refractivity contribution >= 4 is 51.9 Å². The van der Waals surface area contributed by atoms with Gasteiger partial charge in [0.1, 0.15) is 0 Å². The van der Waals surface area contributed by atoms with Crippen LogP contribution in [0.5, 0.6) is 0 Å². The molecule has 12 heteroatoms. The van der Waals surface area contributed by atoms with Crippen LogP contribution >= 0.6 is 0 Å². The first-order chi connectivity index (χ1) is 21.0. The highest BCUT2D eigenvalue weighted by molar-refractivity contribution is 6.35. The fourth-order valence-corrected chi connectivity index (χ4v) is 5.28. The molecule has 9 nitrogen and oxygen atoms in total. The number of alkyl halides is 3. The maximum Gasteiger partial charge on any atom is 0.416 e. The minimum absolute atomic E-state index is 0.0735. The van der Waals surface area contributed by atoms with Gasteiger partial charge in [-0.25, -0.2) is 4.98 Å². The maximum atomic E-state index is 13.8. The predicted octanol–water partition coefficient (Wildman–Crippen LogP) is 5.98. The molecule has 44 heavy (non-hydrogen) atoms. The Labute approximate surface area is 251 Å². The number of carbonyl (C=O) groups excluding carboxylic acids is 2. The van der Waals surface area contributed by atoms with E-state index in [0.29, 0.717) is 47.1 Å². The first-order valence-electron chi connectivity index (χ1n) is 14.1. The van der Waals surface area contributed by atoms with Crippen molar-refractivity contribution in [2.75, 3.05) is 54.1 Å². The Balaban J connectivity index is 1.19. The van der Waals surface area contributed by atoms with Crippen LogP contribution in [0.4, 0.5) is 41.6 Å². The number of carbonyl (C=O) groups is 2. The van der Waals surface area contributed by atoms with Crippen LogP contribution in [0.1, 0.15) is 32.9 Å². The number of nitrogens with zero attached hydrogens (tertiary/aromatic N) is 3. The van der Waals surface area contributed by atoms with Gasteiger partial charge in [-0.1, -0.05) is 12.1 Å². The summed E-state index contributed by atoms with van der Waals surface area (Å²) >= 11 is 0. The minimum Gasteiger partial charge on any atom is -0.369 e. The summed E-state index contributed by atoms with van der Waals surface area (Å²) in [6.45, 7) is 4.43. The minimum atomic E-state index is -4.59. The Hall–Kier alpha value is -5.10. The molecule has 0 atom stereocenters. The number of halogens is 3. The van der Waals surface area contributed by atoms with Crippen LogP contribution in [0.2, 0.25) is 0 Å². The standard InChI is InChI=1S/C32H30F3N7O2/c1-19-28(37-18-36-19)17-27-26-7-6-24(16-29(26)40-31(27)44)38-22-4-3-5-23(15-22)39-30(43)20-12-21(32(33,34)35)14-25(13-20)42-10-8-41(2)9-11-42/h3-7,12-18,38H,8-11H2,1-2H3,(H,36,37)(H,39,43)(H,40,44)/b27-17-. The summed E-state index contributed by atoms with van der Waals surface area (Å²) in [5.41, 5.74) is 4.64. The van der Waals surface area contributed by atoms with Crippen molar-refractivity contribution in [1.29, 1.82) is 0 Å². The zero-order valence-electron chi connectivity index (χ0n) is 24.0. The van der Waals surface area contributed by atoms with E-state index in [0.717, 1.165) is 42.2 Å². The van der Waals surface area contributed by atoms with Crippen LogP contribution in [0, 0.1) is 6.92 Å². The zero-order chi connectivity index (χ0) is 31.0. The molecule has 2 amide bonds. The maximum absolute atomic E-state index is 13.8. The Kier molecular flexibility index (Phi) is 7.60. The normalized spacial score (nSPS) is 16.2.